The molecule has 2 saturated heterocycles. The number of benzene rings is 1. The Balaban J connectivity index is 1.36. The summed E-state index contributed by atoms with van der Waals surface area (Å²) in [6.45, 7) is 6.96. The molecule has 4 heterocycles. The Morgan fingerprint density at radius 2 is 1.81 bits per heavy atom. The number of aryl methyl sites for hydroxylation is 1. The number of ether oxygens (including phenoxy) is 1. The minimum absolute atomic E-state index is 0.00916. The molecule has 0 atom stereocenters. The van der Waals surface area contributed by atoms with E-state index in [1.165, 1.54) is 0 Å². The number of piperazine rings is 1. The summed E-state index contributed by atoms with van der Waals surface area (Å²) in [6, 6.07) is 12.0. The van der Waals surface area contributed by atoms with Crippen molar-refractivity contribution in [2.75, 3.05) is 45.1 Å². The third-order valence-electron chi connectivity index (χ3n) is 7.26. The predicted molar refractivity (Wildman–Crippen MR) is 143 cm³/mol. The molecule has 1 aromatic carbocycles. The SMILES string of the molecule is CCc1nccc(-c2ccc(C(=O)N3CCN(C4CCOCC4)CC3)c(Cl)c2)c1-c1ccc(N)nc1. The van der Waals surface area contributed by atoms with Gasteiger partial charge in [0.25, 0.3) is 5.91 Å². The first-order valence-electron chi connectivity index (χ1n) is 12.7. The molecule has 2 aliphatic heterocycles. The molecule has 8 heteroatoms. The molecular weight excluding hydrogens is 474 g/mol. The number of pyridine rings is 2. The van der Waals surface area contributed by atoms with Crippen molar-refractivity contribution in [3.8, 4) is 22.3 Å². The highest BCUT2D eigenvalue weighted by Gasteiger charge is 2.28. The monoisotopic (exact) mass is 505 g/mol. The Labute approximate surface area is 217 Å². The van der Waals surface area contributed by atoms with Gasteiger partial charge in [0, 0.05) is 74.6 Å². The number of nitrogen functional groups attached to an aromatic ring is 1. The molecule has 2 N–H and O–H groups in total. The highest BCUT2D eigenvalue weighted by atomic mass is 35.5. The van der Waals surface area contributed by atoms with E-state index in [4.69, 9.17) is 22.1 Å². The summed E-state index contributed by atoms with van der Waals surface area (Å²) in [4.78, 5) is 26.6. The molecule has 36 heavy (non-hydrogen) atoms. The average Bonchev–Trinajstić information content (AvgIpc) is 2.93. The number of carbonyl (C=O) groups excluding carboxylic acids is 1. The number of hydrogen-bond donors (Lipinski definition) is 1. The zero-order valence-electron chi connectivity index (χ0n) is 20.6. The topological polar surface area (TPSA) is 84.6 Å². The molecule has 1 amide bonds. The number of rotatable bonds is 5. The van der Waals surface area contributed by atoms with Crippen molar-refractivity contribution in [1.29, 1.82) is 0 Å². The quantitative estimate of drug-likeness (QED) is 0.547. The van der Waals surface area contributed by atoms with Crippen LogP contribution in [-0.4, -0.2) is 71.1 Å². The van der Waals surface area contributed by atoms with E-state index >= 15 is 0 Å². The summed E-state index contributed by atoms with van der Waals surface area (Å²) >= 11 is 6.72. The van der Waals surface area contributed by atoms with Gasteiger partial charge in [-0.25, -0.2) is 4.98 Å². The van der Waals surface area contributed by atoms with Crippen molar-refractivity contribution >= 4 is 23.3 Å². The fraction of sp³-hybridized carbons (Fsp3) is 0.393. The number of hydrogen-bond acceptors (Lipinski definition) is 6. The van der Waals surface area contributed by atoms with E-state index in [2.05, 4.69) is 21.8 Å². The Kier molecular flexibility index (Phi) is 7.51. The second-order valence-corrected chi connectivity index (χ2v) is 9.78. The molecular formula is C28H32ClN5O2. The van der Waals surface area contributed by atoms with Crippen LogP contribution in [0.25, 0.3) is 22.3 Å². The van der Waals surface area contributed by atoms with Crippen LogP contribution < -0.4 is 5.73 Å². The first-order chi connectivity index (χ1) is 17.5. The normalized spacial score (nSPS) is 17.3. The second kappa shape index (κ2) is 10.9. The van der Waals surface area contributed by atoms with Crippen LogP contribution in [0.3, 0.4) is 0 Å². The summed E-state index contributed by atoms with van der Waals surface area (Å²) in [5.74, 6) is 0.465. The van der Waals surface area contributed by atoms with Crippen molar-refractivity contribution in [2.24, 2.45) is 0 Å². The van der Waals surface area contributed by atoms with Crippen LogP contribution in [0.2, 0.25) is 5.02 Å². The van der Waals surface area contributed by atoms with Crippen LogP contribution in [0.1, 0.15) is 35.8 Å². The van der Waals surface area contributed by atoms with Crippen molar-refractivity contribution < 1.29 is 9.53 Å². The number of amides is 1. The average molecular weight is 506 g/mol. The molecule has 0 bridgehead atoms. The molecule has 2 aromatic heterocycles. The highest BCUT2D eigenvalue weighted by molar-refractivity contribution is 6.34. The standard InChI is InChI=1S/C28H32ClN5O2/c1-2-25-27(20-4-6-26(30)32-18-20)22(7-10-31-25)19-3-5-23(24(29)17-19)28(35)34-13-11-33(12-14-34)21-8-15-36-16-9-21/h3-7,10,17-18,21H,2,8-9,11-16H2,1H3,(H2,30,32). The third kappa shape index (κ3) is 5.09. The summed E-state index contributed by atoms with van der Waals surface area (Å²) in [6.07, 6.45) is 6.51. The zero-order chi connectivity index (χ0) is 25.1. The molecule has 5 rings (SSSR count). The number of nitrogens with zero attached hydrogens (tertiary/aromatic N) is 4. The lowest BCUT2D eigenvalue weighted by molar-refractivity contribution is 0.0137. The zero-order valence-corrected chi connectivity index (χ0v) is 21.4. The molecule has 188 valence electrons. The number of nitrogens with two attached hydrogens (primary N) is 1. The van der Waals surface area contributed by atoms with E-state index in [0.717, 1.165) is 73.5 Å². The van der Waals surface area contributed by atoms with Gasteiger partial charge in [-0.15, -0.1) is 0 Å². The van der Waals surface area contributed by atoms with E-state index in [1.807, 2.05) is 41.4 Å². The molecule has 0 spiro atoms. The van der Waals surface area contributed by atoms with Crippen molar-refractivity contribution in [3.63, 3.8) is 0 Å². The van der Waals surface area contributed by atoms with Crippen LogP contribution >= 0.6 is 11.6 Å². The molecule has 0 unspecified atom stereocenters. The van der Waals surface area contributed by atoms with Gasteiger partial charge < -0.3 is 15.4 Å². The van der Waals surface area contributed by atoms with Crippen molar-refractivity contribution in [1.82, 2.24) is 19.8 Å². The lowest BCUT2D eigenvalue weighted by atomic mass is 9.93. The molecule has 2 aliphatic rings. The molecule has 2 fully saturated rings. The molecule has 0 aliphatic carbocycles. The number of carbonyl (C=O) groups is 1. The van der Waals surface area contributed by atoms with Crippen LogP contribution in [0.4, 0.5) is 5.82 Å². The van der Waals surface area contributed by atoms with E-state index in [0.29, 0.717) is 35.5 Å². The minimum atomic E-state index is -0.00916. The lowest BCUT2D eigenvalue weighted by Gasteiger charge is -2.40. The smallest absolute Gasteiger partial charge is 0.255 e. The van der Waals surface area contributed by atoms with Gasteiger partial charge >= 0.3 is 0 Å². The summed E-state index contributed by atoms with van der Waals surface area (Å²) in [7, 11) is 0. The maximum atomic E-state index is 13.3. The van der Waals surface area contributed by atoms with Gasteiger partial charge in [0.1, 0.15) is 5.82 Å². The van der Waals surface area contributed by atoms with Gasteiger partial charge in [0.15, 0.2) is 0 Å². The first kappa shape index (κ1) is 24.7. The van der Waals surface area contributed by atoms with Gasteiger partial charge in [0.05, 0.1) is 10.6 Å². The summed E-state index contributed by atoms with van der Waals surface area (Å²) < 4.78 is 5.50. The maximum Gasteiger partial charge on any atom is 0.255 e. The molecule has 0 saturated carbocycles. The Morgan fingerprint density at radius 3 is 2.47 bits per heavy atom. The van der Waals surface area contributed by atoms with E-state index in [9.17, 15) is 4.79 Å². The van der Waals surface area contributed by atoms with Crippen LogP contribution in [0, 0.1) is 0 Å². The van der Waals surface area contributed by atoms with Gasteiger partial charge in [-0.3, -0.25) is 14.7 Å². The maximum absolute atomic E-state index is 13.3. The Morgan fingerprint density at radius 1 is 1.06 bits per heavy atom. The van der Waals surface area contributed by atoms with E-state index in [1.54, 1.807) is 12.3 Å². The number of anilines is 1. The first-order valence-corrected chi connectivity index (χ1v) is 13.0. The van der Waals surface area contributed by atoms with E-state index in [-0.39, 0.29) is 5.91 Å². The molecule has 3 aromatic rings. The summed E-state index contributed by atoms with van der Waals surface area (Å²) in [5.41, 5.74) is 11.2. The van der Waals surface area contributed by atoms with Crippen LogP contribution in [0.15, 0.2) is 48.8 Å². The number of halogens is 1. The third-order valence-corrected chi connectivity index (χ3v) is 7.57. The van der Waals surface area contributed by atoms with Gasteiger partial charge in [-0.1, -0.05) is 24.6 Å². The highest BCUT2D eigenvalue weighted by Crippen LogP contribution is 2.36. The summed E-state index contributed by atoms with van der Waals surface area (Å²) in [5, 5.41) is 0.459. The van der Waals surface area contributed by atoms with Gasteiger partial charge in [-0.05, 0) is 60.7 Å². The fourth-order valence-electron chi connectivity index (χ4n) is 5.26. The Bertz CT molecular complexity index is 1220. The molecule has 0 radical (unpaired) electrons. The Hall–Kier alpha value is -3.00. The predicted octanol–water partition coefficient (Wildman–Crippen LogP) is 4.55. The lowest BCUT2D eigenvalue weighted by Crippen LogP contribution is -2.53. The van der Waals surface area contributed by atoms with Crippen molar-refractivity contribution in [2.45, 2.75) is 32.2 Å². The van der Waals surface area contributed by atoms with E-state index < -0.39 is 0 Å². The van der Waals surface area contributed by atoms with Gasteiger partial charge in [-0.2, -0.15) is 0 Å². The largest absolute Gasteiger partial charge is 0.384 e. The van der Waals surface area contributed by atoms with Crippen molar-refractivity contribution in [3.05, 3.63) is 65.1 Å². The minimum Gasteiger partial charge on any atom is -0.384 e. The molecule has 7 nitrogen and oxygen atoms in total. The van der Waals surface area contributed by atoms with Crippen LogP contribution in [-0.2, 0) is 11.2 Å². The number of aromatic nitrogens is 2. The fourth-order valence-corrected chi connectivity index (χ4v) is 5.52. The van der Waals surface area contributed by atoms with Gasteiger partial charge in [0.2, 0.25) is 0 Å². The van der Waals surface area contributed by atoms with Crippen LogP contribution in [0.5, 0.6) is 0 Å². The second-order valence-electron chi connectivity index (χ2n) is 9.37.